The van der Waals surface area contributed by atoms with Gasteiger partial charge in [0, 0.05) is 21.4 Å². The van der Waals surface area contributed by atoms with Gasteiger partial charge >= 0.3 is 6.09 Å². The molecule has 3 aromatic rings. The number of benzene rings is 2. The van der Waals surface area contributed by atoms with Crippen molar-refractivity contribution in [3.8, 4) is 0 Å². The summed E-state index contributed by atoms with van der Waals surface area (Å²) in [5, 5.41) is 6.90. The normalized spacial score (nSPS) is 17.2. The highest BCUT2D eigenvalue weighted by atomic mass is 35.5. The van der Waals surface area contributed by atoms with E-state index in [1.54, 1.807) is 65.0 Å². The molecular formula is C32H35ClF2N6O4. The Balaban J connectivity index is 1.62. The van der Waals surface area contributed by atoms with Crippen LogP contribution in [0.2, 0.25) is 5.02 Å². The molecule has 1 aliphatic rings. The van der Waals surface area contributed by atoms with Crippen molar-refractivity contribution < 1.29 is 27.8 Å². The molecule has 0 bridgehead atoms. The lowest BCUT2D eigenvalue weighted by molar-refractivity contribution is -0.117. The van der Waals surface area contributed by atoms with Gasteiger partial charge in [-0.2, -0.15) is 0 Å². The summed E-state index contributed by atoms with van der Waals surface area (Å²) >= 11 is 6.08. The molecule has 0 saturated carbocycles. The third-order valence-electron chi connectivity index (χ3n) is 7.35. The molecule has 13 heteroatoms. The summed E-state index contributed by atoms with van der Waals surface area (Å²) in [5.41, 5.74) is 8.89. The molecule has 0 radical (unpaired) electrons. The van der Waals surface area contributed by atoms with E-state index in [1.807, 2.05) is 0 Å². The maximum Gasteiger partial charge on any atom is 0.412 e. The van der Waals surface area contributed by atoms with Gasteiger partial charge in [0.1, 0.15) is 29.0 Å². The number of ether oxygens (including phenoxy) is 2. The largest absolute Gasteiger partial charge is 0.444 e. The number of hydrogen-bond donors (Lipinski definition) is 1. The SMILES string of the molecule is CC(C)(C)OC(=O)N1[C@@H](CCc2c(F)cncc2NC(=O)C(N=[N+]=[N-])[C@@H](c2ccc(Cl)cc2)c2cccc(F)c2)COC1(C)C. The molecule has 3 atom stereocenters. The maximum absolute atomic E-state index is 15.2. The van der Waals surface area contributed by atoms with Crippen LogP contribution in [0.3, 0.4) is 0 Å². The first-order valence-electron chi connectivity index (χ1n) is 14.3. The van der Waals surface area contributed by atoms with Crippen LogP contribution in [0.15, 0.2) is 66.0 Å². The topological polar surface area (TPSA) is 130 Å². The fraction of sp³-hybridized carbons (Fsp3) is 0.406. The molecule has 1 saturated heterocycles. The van der Waals surface area contributed by atoms with Crippen molar-refractivity contribution in [2.45, 2.75) is 76.8 Å². The molecule has 1 fully saturated rings. The first kappa shape index (κ1) is 33.6. The summed E-state index contributed by atoms with van der Waals surface area (Å²) in [6.07, 6.45) is 2.15. The van der Waals surface area contributed by atoms with Crippen LogP contribution < -0.4 is 5.32 Å². The number of halogens is 3. The van der Waals surface area contributed by atoms with Crippen molar-refractivity contribution in [2.24, 2.45) is 5.11 Å². The molecule has 2 heterocycles. The molecule has 0 aliphatic carbocycles. The monoisotopic (exact) mass is 640 g/mol. The fourth-order valence-corrected chi connectivity index (χ4v) is 5.50. The van der Waals surface area contributed by atoms with Crippen LogP contribution in [0.4, 0.5) is 19.3 Å². The third kappa shape index (κ3) is 8.27. The highest BCUT2D eigenvalue weighted by Crippen LogP contribution is 2.34. The van der Waals surface area contributed by atoms with E-state index in [0.29, 0.717) is 16.1 Å². The van der Waals surface area contributed by atoms with Crippen LogP contribution in [0.5, 0.6) is 0 Å². The second-order valence-electron chi connectivity index (χ2n) is 12.2. The van der Waals surface area contributed by atoms with Gasteiger partial charge in [-0.1, -0.05) is 41.0 Å². The average Bonchev–Trinajstić information content (AvgIpc) is 3.26. The number of azide groups is 1. The van der Waals surface area contributed by atoms with E-state index in [1.165, 1.54) is 29.3 Å². The van der Waals surface area contributed by atoms with Crippen molar-refractivity contribution in [3.63, 3.8) is 0 Å². The first-order chi connectivity index (χ1) is 21.2. The molecule has 10 nitrogen and oxygen atoms in total. The first-order valence-corrected chi connectivity index (χ1v) is 14.7. The predicted octanol–water partition coefficient (Wildman–Crippen LogP) is 7.77. The van der Waals surface area contributed by atoms with Gasteiger partial charge in [-0.05, 0) is 88.4 Å². The number of aromatic nitrogens is 1. The lowest BCUT2D eigenvalue weighted by atomic mass is 9.84. The van der Waals surface area contributed by atoms with Crippen LogP contribution in [-0.4, -0.2) is 51.9 Å². The van der Waals surface area contributed by atoms with Crippen LogP contribution in [0, 0.1) is 11.6 Å². The standard InChI is InChI=1S/C32H35ClF2N6O4/c1-31(2,3)45-30(43)41-23(18-44-32(41,4)5)13-14-24-25(35)16-37-17-26(24)38-29(42)28(39-40-36)27(19-9-11-21(33)12-10-19)20-7-6-8-22(34)15-20/h6-12,15-17,23,27-28H,13-14,18H2,1-5H3,(H,38,42)/t23-,27-,28?/m0/s1. The zero-order valence-electron chi connectivity index (χ0n) is 25.6. The van der Waals surface area contributed by atoms with Crippen LogP contribution in [-0.2, 0) is 20.7 Å². The van der Waals surface area contributed by atoms with Crippen molar-refractivity contribution in [2.75, 3.05) is 11.9 Å². The van der Waals surface area contributed by atoms with Gasteiger partial charge in [-0.25, -0.2) is 13.6 Å². The Labute approximate surface area is 265 Å². The van der Waals surface area contributed by atoms with Crippen molar-refractivity contribution in [3.05, 3.63) is 105 Å². The molecule has 1 aromatic heterocycles. The molecule has 1 N–H and O–H groups in total. The van der Waals surface area contributed by atoms with Gasteiger partial charge in [-0.3, -0.25) is 14.7 Å². The van der Waals surface area contributed by atoms with E-state index in [0.717, 1.165) is 6.20 Å². The predicted molar refractivity (Wildman–Crippen MR) is 166 cm³/mol. The molecule has 2 aromatic carbocycles. The van der Waals surface area contributed by atoms with Crippen LogP contribution >= 0.6 is 11.6 Å². The van der Waals surface area contributed by atoms with E-state index >= 15 is 4.39 Å². The smallest absolute Gasteiger partial charge is 0.412 e. The minimum absolute atomic E-state index is 0.0641. The van der Waals surface area contributed by atoms with Gasteiger partial charge in [-0.15, -0.1) is 0 Å². The number of carbonyl (C=O) groups excluding carboxylic acids is 2. The number of rotatable bonds is 9. The maximum atomic E-state index is 15.2. The molecule has 1 aliphatic heterocycles. The Kier molecular flexibility index (Phi) is 10.3. The molecular weight excluding hydrogens is 606 g/mol. The van der Waals surface area contributed by atoms with Crippen molar-refractivity contribution in [1.29, 1.82) is 0 Å². The molecule has 2 amide bonds. The molecule has 1 unspecified atom stereocenters. The van der Waals surface area contributed by atoms with E-state index in [9.17, 15) is 19.5 Å². The second kappa shape index (κ2) is 13.8. The molecule has 4 rings (SSSR count). The number of nitrogens with one attached hydrogen (secondary N) is 1. The summed E-state index contributed by atoms with van der Waals surface area (Å²) in [4.78, 5) is 35.2. The highest BCUT2D eigenvalue weighted by Gasteiger charge is 2.45. The van der Waals surface area contributed by atoms with E-state index in [4.69, 9.17) is 21.1 Å². The Morgan fingerprint density at radius 3 is 2.56 bits per heavy atom. The Hall–Kier alpha value is -4.25. The Morgan fingerprint density at radius 2 is 1.91 bits per heavy atom. The summed E-state index contributed by atoms with van der Waals surface area (Å²) in [7, 11) is 0. The summed E-state index contributed by atoms with van der Waals surface area (Å²) in [5.74, 6) is -2.87. The van der Waals surface area contributed by atoms with Gasteiger partial charge in [0.25, 0.3) is 0 Å². The number of hydrogen-bond acceptors (Lipinski definition) is 6. The molecule has 238 valence electrons. The summed E-state index contributed by atoms with van der Waals surface area (Å²) < 4.78 is 41.0. The summed E-state index contributed by atoms with van der Waals surface area (Å²) in [6, 6.07) is 10.3. The van der Waals surface area contributed by atoms with Crippen LogP contribution in [0.1, 0.15) is 63.6 Å². The fourth-order valence-electron chi connectivity index (χ4n) is 5.37. The van der Waals surface area contributed by atoms with Gasteiger partial charge in [0.15, 0.2) is 0 Å². The number of amides is 2. The van der Waals surface area contributed by atoms with Crippen molar-refractivity contribution >= 4 is 29.3 Å². The quantitative estimate of drug-likeness (QED) is 0.145. The number of carbonyl (C=O) groups is 2. The molecule has 45 heavy (non-hydrogen) atoms. The third-order valence-corrected chi connectivity index (χ3v) is 7.60. The summed E-state index contributed by atoms with van der Waals surface area (Å²) in [6.45, 7) is 9.00. The van der Waals surface area contributed by atoms with Crippen molar-refractivity contribution in [1.82, 2.24) is 9.88 Å². The lowest BCUT2D eigenvalue weighted by Gasteiger charge is -2.35. The minimum Gasteiger partial charge on any atom is -0.444 e. The van der Waals surface area contributed by atoms with Crippen LogP contribution in [0.25, 0.3) is 10.4 Å². The van der Waals surface area contributed by atoms with Gasteiger partial charge in [0.2, 0.25) is 5.91 Å². The van der Waals surface area contributed by atoms with E-state index < -0.39 is 53.0 Å². The zero-order valence-corrected chi connectivity index (χ0v) is 26.4. The average molecular weight is 641 g/mol. The number of nitrogens with zero attached hydrogens (tertiary/aromatic N) is 5. The Morgan fingerprint density at radius 1 is 1.20 bits per heavy atom. The molecule has 0 spiro atoms. The second-order valence-corrected chi connectivity index (χ2v) is 12.6. The van der Waals surface area contributed by atoms with Gasteiger partial charge < -0.3 is 14.8 Å². The van der Waals surface area contributed by atoms with Gasteiger partial charge in [0.05, 0.1) is 30.7 Å². The number of pyridine rings is 1. The lowest BCUT2D eigenvalue weighted by Crippen LogP contribution is -2.50. The van der Waals surface area contributed by atoms with E-state index in [2.05, 4.69) is 20.3 Å². The minimum atomic E-state index is -1.40. The highest BCUT2D eigenvalue weighted by molar-refractivity contribution is 6.30. The Bertz CT molecular complexity index is 1590. The van der Waals surface area contributed by atoms with E-state index in [-0.39, 0.29) is 30.7 Å². The zero-order chi connectivity index (χ0) is 32.9. The number of anilines is 1.